The topological polar surface area (TPSA) is 44.8 Å². The Morgan fingerprint density at radius 2 is 2.08 bits per heavy atom. The van der Waals surface area contributed by atoms with E-state index in [1.54, 1.807) is 0 Å². The largest absolute Gasteiger partial charge is 0.494 e. The summed E-state index contributed by atoms with van der Waals surface area (Å²) in [6.45, 7) is 9.01. The number of nitrogens with one attached hydrogen (secondary N) is 1. The van der Waals surface area contributed by atoms with Crippen LogP contribution in [-0.4, -0.2) is 67.6 Å². The Hall–Kier alpha value is -1.59. The van der Waals surface area contributed by atoms with Crippen LogP contribution in [0, 0.1) is 0 Å². The highest BCUT2D eigenvalue weighted by molar-refractivity contribution is 5.95. The molecule has 0 bridgehead atoms. The number of ether oxygens (including phenoxy) is 1. The minimum Gasteiger partial charge on any atom is -0.494 e. The quantitative estimate of drug-likeness (QED) is 0.689. The van der Waals surface area contributed by atoms with Gasteiger partial charge in [0.1, 0.15) is 5.75 Å². The second-order valence-electron chi connectivity index (χ2n) is 7.39. The zero-order chi connectivity index (χ0) is 18.2. The van der Waals surface area contributed by atoms with Crippen LogP contribution < -0.4 is 10.1 Å². The van der Waals surface area contributed by atoms with Crippen molar-refractivity contribution in [1.82, 2.24) is 15.1 Å². The SMILES string of the molecule is CCNCCCOc1cccc(C(=O)N2CCC[C@H]2CN2CCCC2)c1. The van der Waals surface area contributed by atoms with Crippen LogP contribution in [0.3, 0.4) is 0 Å². The van der Waals surface area contributed by atoms with Crippen molar-refractivity contribution in [3.8, 4) is 5.75 Å². The summed E-state index contributed by atoms with van der Waals surface area (Å²) in [7, 11) is 0. The van der Waals surface area contributed by atoms with E-state index in [4.69, 9.17) is 4.74 Å². The van der Waals surface area contributed by atoms with Crippen LogP contribution in [0.1, 0.15) is 49.4 Å². The van der Waals surface area contributed by atoms with Gasteiger partial charge in [-0.1, -0.05) is 13.0 Å². The van der Waals surface area contributed by atoms with Crippen LogP contribution in [0.5, 0.6) is 5.75 Å². The van der Waals surface area contributed by atoms with Gasteiger partial charge < -0.3 is 19.9 Å². The van der Waals surface area contributed by atoms with Crippen molar-refractivity contribution in [2.75, 3.05) is 45.9 Å². The molecule has 2 heterocycles. The number of likely N-dealkylation sites (tertiary alicyclic amines) is 2. The Morgan fingerprint density at radius 1 is 1.23 bits per heavy atom. The molecule has 2 aliphatic rings. The van der Waals surface area contributed by atoms with E-state index < -0.39 is 0 Å². The Labute approximate surface area is 157 Å². The molecule has 0 radical (unpaired) electrons. The maximum absolute atomic E-state index is 13.0. The normalized spacial score (nSPS) is 20.7. The standard InChI is InChI=1S/C21H33N3O2/c1-2-22-11-7-15-26-20-10-5-8-18(16-20)21(25)24-14-6-9-19(24)17-23-12-3-4-13-23/h5,8,10,16,19,22H,2-4,6-7,9,11-15,17H2,1H3/t19-/m0/s1. The second-order valence-corrected chi connectivity index (χ2v) is 7.39. The van der Waals surface area contributed by atoms with E-state index in [-0.39, 0.29) is 5.91 Å². The minimum absolute atomic E-state index is 0.157. The molecule has 26 heavy (non-hydrogen) atoms. The van der Waals surface area contributed by atoms with Gasteiger partial charge in [-0.25, -0.2) is 0 Å². The summed E-state index contributed by atoms with van der Waals surface area (Å²) >= 11 is 0. The number of benzene rings is 1. The average Bonchev–Trinajstić information content (AvgIpc) is 3.34. The van der Waals surface area contributed by atoms with Gasteiger partial charge in [0.15, 0.2) is 0 Å². The van der Waals surface area contributed by atoms with Crippen LogP contribution in [0.2, 0.25) is 0 Å². The van der Waals surface area contributed by atoms with E-state index in [1.807, 2.05) is 24.3 Å². The monoisotopic (exact) mass is 359 g/mol. The Balaban J connectivity index is 1.55. The van der Waals surface area contributed by atoms with Crippen molar-refractivity contribution in [2.45, 2.75) is 45.1 Å². The molecule has 5 nitrogen and oxygen atoms in total. The van der Waals surface area contributed by atoms with Crippen molar-refractivity contribution in [3.05, 3.63) is 29.8 Å². The van der Waals surface area contributed by atoms with Gasteiger partial charge in [-0.3, -0.25) is 4.79 Å². The lowest BCUT2D eigenvalue weighted by molar-refractivity contribution is 0.0708. The number of amides is 1. The molecule has 1 N–H and O–H groups in total. The second kappa shape index (κ2) is 9.93. The lowest BCUT2D eigenvalue weighted by Gasteiger charge is -2.28. The summed E-state index contributed by atoms with van der Waals surface area (Å²) in [5.74, 6) is 0.951. The van der Waals surface area contributed by atoms with Crippen molar-refractivity contribution in [2.24, 2.45) is 0 Å². The Kier molecular flexibility index (Phi) is 7.32. The molecule has 5 heteroatoms. The van der Waals surface area contributed by atoms with Crippen LogP contribution in [0.25, 0.3) is 0 Å². The summed E-state index contributed by atoms with van der Waals surface area (Å²) < 4.78 is 5.82. The van der Waals surface area contributed by atoms with Crippen LogP contribution in [0.4, 0.5) is 0 Å². The predicted octanol–water partition coefficient (Wildman–Crippen LogP) is 2.77. The number of hydrogen-bond acceptors (Lipinski definition) is 4. The van der Waals surface area contributed by atoms with Gasteiger partial charge in [0, 0.05) is 24.7 Å². The van der Waals surface area contributed by atoms with Crippen molar-refractivity contribution >= 4 is 5.91 Å². The summed E-state index contributed by atoms with van der Waals surface area (Å²) in [4.78, 5) is 17.6. The molecular weight excluding hydrogens is 326 g/mol. The fourth-order valence-corrected chi connectivity index (χ4v) is 4.00. The van der Waals surface area contributed by atoms with E-state index in [0.29, 0.717) is 12.6 Å². The number of carbonyl (C=O) groups is 1. The molecular formula is C21H33N3O2. The van der Waals surface area contributed by atoms with E-state index in [1.165, 1.54) is 25.9 Å². The first kappa shape index (κ1) is 19.2. The smallest absolute Gasteiger partial charge is 0.254 e. The lowest BCUT2D eigenvalue weighted by Crippen LogP contribution is -2.42. The molecule has 144 valence electrons. The first-order valence-electron chi connectivity index (χ1n) is 10.2. The lowest BCUT2D eigenvalue weighted by atomic mass is 10.1. The van der Waals surface area contributed by atoms with Gasteiger partial charge in [-0.2, -0.15) is 0 Å². The Morgan fingerprint density at radius 3 is 2.88 bits per heavy atom. The van der Waals surface area contributed by atoms with Crippen LogP contribution in [-0.2, 0) is 0 Å². The Bertz CT molecular complexity index is 572. The van der Waals surface area contributed by atoms with E-state index in [9.17, 15) is 4.79 Å². The number of carbonyl (C=O) groups excluding carboxylic acids is 1. The molecule has 0 aromatic heterocycles. The van der Waals surface area contributed by atoms with Crippen LogP contribution >= 0.6 is 0 Å². The highest BCUT2D eigenvalue weighted by atomic mass is 16.5. The number of rotatable bonds is 9. The highest BCUT2D eigenvalue weighted by Crippen LogP contribution is 2.24. The molecule has 1 aromatic carbocycles. The van der Waals surface area contributed by atoms with Gasteiger partial charge in [0.05, 0.1) is 6.61 Å². The molecule has 0 spiro atoms. The van der Waals surface area contributed by atoms with E-state index >= 15 is 0 Å². The van der Waals surface area contributed by atoms with Gasteiger partial charge in [-0.05, 0) is 76.5 Å². The summed E-state index contributed by atoms with van der Waals surface area (Å²) in [5, 5.41) is 3.29. The van der Waals surface area contributed by atoms with Crippen molar-refractivity contribution in [1.29, 1.82) is 0 Å². The molecule has 1 aromatic rings. The van der Waals surface area contributed by atoms with Gasteiger partial charge in [0.25, 0.3) is 5.91 Å². The van der Waals surface area contributed by atoms with Gasteiger partial charge in [-0.15, -0.1) is 0 Å². The first-order valence-corrected chi connectivity index (χ1v) is 10.2. The van der Waals surface area contributed by atoms with Gasteiger partial charge >= 0.3 is 0 Å². The number of nitrogens with zero attached hydrogens (tertiary/aromatic N) is 2. The molecule has 1 atom stereocenters. The maximum atomic E-state index is 13.0. The predicted molar refractivity (Wildman–Crippen MR) is 105 cm³/mol. The van der Waals surface area contributed by atoms with Crippen LogP contribution in [0.15, 0.2) is 24.3 Å². The summed E-state index contributed by atoms with van der Waals surface area (Å²) in [6.07, 6.45) is 5.81. The zero-order valence-electron chi connectivity index (χ0n) is 16.1. The minimum atomic E-state index is 0.157. The molecule has 0 aliphatic carbocycles. The van der Waals surface area contributed by atoms with Crippen molar-refractivity contribution < 1.29 is 9.53 Å². The third-order valence-electron chi connectivity index (χ3n) is 5.40. The van der Waals surface area contributed by atoms with E-state index in [0.717, 1.165) is 56.8 Å². The number of hydrogen-bond donors (Lipinski definition) is 1. The fraction of sp³-hybridized carbons (Fsp3) is 0.667. The summed E-state index contributed by atoms with van der Waals surface area (Å²) in [5.41, 5.74) is 0.752. The molecule has 2 saturated heterocycles. The maximum Gasteiger partial charge on any atom is 0.254 e. The zero-order valence-corrected chi connectivity index (χ0v) is 16.1. The first-order chi connectivity index (χ1) is 12.8. The molecule has 3 rings (SSSR count). The van der Waals surface area contributed by atoms with E-state index in [2.05, 4.69) is 22.0 Å². The fourth-order valence-electron chi connectivity index (χ4n) is 4.00. The highest BCUT2D eigenvalue weighted by Gasteiger charge is 2.31. The third-order valence-corrected chi connectivity index (χ3v) is 5.40. The molecule has 0 saturated carbocycles. The molecule has 0 unspecified atom stereocenters. The molecule has 1 amide bonds. The summed E-state index contributed by atoms with van der Waals surface area (Å²) in [6, 6.07) is 8.05. The average molecular weight is 360 g/mol. The van der Waals surface area contributed by atoms with Gasteiger partial charge in [0.2, 0.25) is 0 Å². The third kappa shape index (κ3) is 5.21. The molecule has 2 aliphatic heterocycles. The molecule has 2 fully saturated rings. The van der Waals surface area contributed by atoms with Crippen molar-refractivity contribution in [3.63, 3.8) is 0 Å².